The van der Waals surface area contributed by atoms with E-state index >= 15 is 0 Å². The van der Waals surface area contributed by atoms with Crippen molar-refractivity contribution >= 4 is 39.8 Å². The van der Waals surface area contributed by atoms with E-state index in [9.17, 15) is 0 Å². The molecule has 3 aromatic carbocycles. The van der Waals surface area contributed by atoms with Crippen LogP contribution in [0.1, 0.15) is 22.6 Å². The number of nitrogens with one attached hydrogen (secondary N) is 3. The molecule has 0 amide bonds. The first-order chi connectivity index (χ1) is 14.2. The molecule has 0 aliphatic heterocycles. The Balaban J connectivity index is 1.53. The summed E-state index contributed by atoms with van der Waals surface area (Å²) in [7, 11) is 0. The highest BCUT2D eigenvalue weighted by Crippen LogP contribution is 2.34. The fraction of sp³-hybridized carbons (Fsp3) is 0.125. The Labute approximate surface area is 181 Å². The van der Waals surface area contributed by atoms with Gasteiger partial charge in [0.25, 0.3) is 0 Å². The second-order valence-electron chi connectivity index (χ2n) is 6.91. The molecule has 3 N–H and O–H groups in total. The molecule has 0 aliphatic carbocycles. The standard InChI is InChI=1S/C24H22ClN3S/c25-22-12-6-4-10-18(22)20(21-15-26-23-13-7-5-11-19(21)23)16-28-24(29)27-14-17-8-2-1-3-9-17/h1-13,15,20,26H,14,16H2,(H2,27,28,29)/t20-/m1/s1. The largest absolute Gasteiger partial charge is 0.362 e. The number of benzene rings is 3. The lowest BCUT2D eigenvalue weighted by atomic mass is 9.91. The van der Waals surface area contributed by atoms with Crippen molar-refractivity contribution in [2.75, 3.05) is 6.54 Å². The highest BCUT2D eigenvalue weighted by Gasteiger charge is 2.20. The molecule has 5 heteroatoms. The van der Waals surface area contributed by atoms with E-state index in [0.29, 0.717) is 18.2 Å². The Kier molecular flexibility index (Phi) is 6.13. The number of para-hydroxylation sites is 1. The van der Waals surface area contributed by atoms with Crippen LogP contribution in [0.15, 0.2) is 85.1 Å². The number of thiocarbonyl (C=S) groups is 1. The molecule has 0 radical (unpaired) electrons. The van der Waals surface area contributed by atoms with E-state index in [1.165, 1.54) is 16.5 Å². The van der Waals surface area contributed by atoms with Crippen LogP contribution < -0.4 is 10.6 Å². The quantitative estimate of drug-likeness (QED) is 0.355. The van der Waals surface area contributed by atoms with Gasteiger partial charge >= 0.3 is 0 Å². The fourth-order valence-electron chi connectivity index (χ4n) is 3.56. The van der Waals surface area contributed by atoms with Gasteiger partial charge in [0, 0.05) is 41.1 Å². The Morgan fingerprint density at radius 2 is 1.59 bits per heavy atom. The molecule has 0 spiro atoms. The zero-order chi connectivity index (χ0) is 20.1. The molecule has 0 saturated heterocycles. The monoisotopic (exact) mass is 419 g/mol. The number of rotatable bonds is 6. The van der Waals surface area contributed by atoms with Crippen molar-refractivity contribution < 1.29 is 0 Å². The fourth-order valence-corrected chi connectivity index (χ4v) is 3.99. The topological polar surface area (TPSA) is 39.8 Å². The van der Waals surface area contributed by atoms with Gasteiger partial charge in [-0.25, -0.2) is 0 Å². The van der Waals surface area contributed by atoms with Gasteiger partial charge < -0.3 is 15.6 Å². The van der Waals surface area contributed by atoms with Gasteiger partial charge in [-0.1, -0.05) is 78.3 Å². The third kappa shape index (κ3) is 4.61. The van der Waals surface area contributed by atoms with Gasteiger partial charge in [-0.2, -0.15) is 0 Å². The molecule has 4 aromatic rings. The lowest BCUT2D eigenvalue weighted by molar-refractivity contribution is 0.743. The molecule has 1 aromatic heterocycles. The van der Waals surface area contributed by atoms with Crippen LogP contribution in [0.25, 0.3) is 10.9 Å². The Bertz CT molecular complexity index is 1110. The number of fused-ring (bicyclic) bond motifs is 1. The molecule has 0 fully saturated rings. The van der Waals surface area contributed by atoms with Crippen molar-refractivity contribution in [1.29, 1.82) is 0 Å². The van der Waals surface area contributed by atoms with E-state index in [0.717, 1.165) is 16.1 Å². The summed E-state index contributed by atoms with van der Waals surface area (Å²) in [5, 5.41) is 9.25. The molecule has 1 atom stereocenters. The number of aromatic amines is 1. The molecule has 4 rings (SSSR count). The first-order valence-electron chi connectivity index (χ1n) is 9.58. The van der Waals surface area contributed by atoms with Gasteiger partial charge in [-0.3, -0.25) is 0 Å². The average Bonchev–Trinajstić information content (AvgIpc) is 3.18. The zero-order valence-corrected chi connectivity index (χ0v) is 17.4. The minimum absolute atomic E-state index is 0.0660. The molecule has 0 bridgehead atoms. The van der Waals surface area contributed by atoms with Crippen molar-refractivity contribution in [3.05, 3.63) is 107 Å². The van der Waals surface area contributed by atoms with Crippen LogP contribution in [-0.2, 0) is 6.54 Å². The van der Waals surface area contributed by atoms with E-state index in [4.69, 9.17) is 23.8 Å². The van der Waals surface area contributed by atoms with Gasteiger partial charge in [-0.05, 0) is 41.0 Å². The molecular weight excluding hydrogens is 398 g/mol. The number of hydrogen-bond donors (Lipinski definition) is 3. The molecule has 146 valence electrons. The predicted molar refractivity (Wildman–Crippen MR) is 125 cm³/mol. The summed E-state index contributed by atoms with van der Waals surface area (Å²) in [6, 6.07) is 26.5. The normalized spacial score (nSPS) is 11.9. The van der Waals surface area contributed by atoms with E-state index in [2.05, 4.69) is 58.2 Å². The number of H-pyrrole nitrogens is 1. The first kappa shape index (κ1) is 19.5. The summed E-state index contributed by atoms with van der Waals surface area (Å²) in [6.45, 7) is 1.34. The predicted octanol–water partition coefficient (Wildman–Crippen LogP) is 5.62. The van der Waals surface area contributed by atoms with E-state index in [1.807, 2.05) is 42.5 Å². The smallest absolute Gasteiger partial charge is 0.166 e. The minimum Gasteiger partial charge on any atom is -0.362 e. The molecule has 3 nitrogen and oxygen atoms in total. The van der Waals surface area contributed by atoms with Crippen molar-refractivity contribution in [1.82, 2.24) is 15.6 Å². The van der Waals surface area contributed by atoms with Crippen LogP contribution in [-0.4, -0.2) is 16.6 Å². The van der Waals surface area contributed by atoms with Crippen LogP contribution in [0.3, 0.4) is 0 Å². The van der Waals surface area contributed by atoms with E-state index in [1.54, 1.807) is 0 Å². The molecule has 0 aliphatic rings. The SMILES string of the molecule is S=C(NCc1ccccc1)NC[C@H](c1ccccc1Cl)c1c[nH]c2ccccc12. The average molecular weight is 420 g/mol. The molecule has 0 saturated carbocycles. The van der Waals surface area contributed by atoms with Gasteiger partial charge in [0.1, 0.15) is 0 Å². The van der Waals surface area contributed by atoms with Gasteiger partial charge in [0.05, 0.1) is 0 Å². The molecule has 29 heavy (non-hydrogen) atoms. The maximum absolute atomic E-state index is 6.56. The van der Waals surface area contributed by atoms with E-state index < -0.39 is 0 Å². The third-order valence-corrected chi connectivity index (χ3v) is 5.67. The van der Waals surface area contributed by atoms with Gasteiger partial charge in [-0.15, -0.1) is 0 Å². The number of aromatic nitrogens is 1. The van der Waals surface area contributed by atoms with E-state index in [-0.39, 0.29) is 5.92 Å². The van der Waals surface area contributed by atoms with Crippen LogP contribution in [0.5, 0.6) is 0 Å². The number of hydrogen-bond acceptors (Lipinski definition) is 1. The third-order valence-electron chi connectivity index (χ3n) is 5.04. The molecule has 1 heterocycles. The summed E-state index contributed by atoms with van der Waals surface area (Å²) in [4.78, 5) is 3.37. The first-order valence-corrected chi connectivity index (χ1v) is 10.4. The van der Waals surface area contributed by atoms with Crippen molar-refractivity contribution in [3.8, 4) is 0 Å². The zero-order valence-electron chi connectivity index (χ0n) is 15.9. The van der Waals surface area contributed by atoms with Gasteiger partial charge in [0.15, 0.2) is 5.11 Å². The van der Waals surface area contributed by atoms with Crippen LogP contribution in [0, 0.1) is 0 Å². The second kappa shape index (κ2) is 9.12. The summed E-state index contributed by atoms with van der Waals surface area (Å²) in [6.07, 6.45) is 2.07. The summed E-state index contributed by atoms with van der Waals surface area (Å²) in [5.41, 5.74) is 4.59. The highest BCUT2D eigenvalue weighted by molar-refractivity contribution is 7.80. The summed E-state index contributed by atoms with van der Waals surface area (Å²) < 4.78 is 0. The Hall–Kier alpha value is -2.82. The minimum atomic E-state index is 0.0660. The summed E-state index contributed by atoms with van der Waals surface area (Å²) >= 11 is 12.1. The Morgan fingerprint density at radius 3 is 2.41 bits per heavy atom. The van der Waals surface area contributed by atoms with Crippen LogP contribution >= 0.6 is 23.8 Å². The lowest BCUT2D eigenvalue weighted by Gasteiger charge is -2.20. The maximum atomic E-state index is 6.56. The summed E-state index contributed by atoms with van der Waals surface area (Å²) in [5.74, 6) is 0.0660. The van der Waals surface area contributed by atoms with Crippen LogP contribution in [0.4, 0.5) is 0 Å². The Morgan fingerprint density at radius 1 is 0.862 bits per heavy atom. The van der Waals surface area contributed by atoms with Crippen LogP contribution in [0.2, 0.25) is 5.02 Å². The van der Waals surface area contributed by atoms with Gasteiger partial charge in [0.2, 0.25) is 0 Å². The van der Waals surface area contributed by atoms with Crippen molar-refractivity contribution in [2.24, 2.45) is 0 Å². The second-order valence-corrected chi connectivity index (χ2v) is 7.73. The van der Waals surface area contributed by atoms with Crippen molar-refractivity contribution in [2.45, 2.75) is 12.5 Å². The molecular formula is C24H22ClN3S. The molecule has 0 unspecified atom stereocenters. The maximum Gasteiger partial charge on any atom is 0.166 e. The van der Waals surface area contributed by atoms with Crippen molar-refractivity contribution in [3.63, 3.8) is 0 Å². The highest BCUT2D eigenvalue weighted by atomic mass is 35.5. The number of halogens is 1. The lowest BCUT2D eigenvalue weighted by Crippen LogP contribution is -2.37.